The van der Waals surface area contributed by atoms with Crippen LogP contribution in [0.5, 0.6) is 0 Å². The number of rotatable bonds is 4. The summed E-state index contributed by atoms with van der Waals surface area (Å²) in [6, 6.07) is 5.04. The van der Waals surface area contributed by atoms with E-state index in [4.69, 9.17) is 11.6 Å². The number of hydrogen-bond donors (Lipinski definition) is 2. The van der Waals surface area contributed by atoms with Crippen molar-refractivity contribution in [3.8, 4) is 0 Å². The highest BCUT2D eigenvalue weighted by atomic mass is 35.5. The lowest BCUT2D eigenvalue weighted by molar-refractivity contribution is 0.0916. The van der Waals surface area contributed by atoms with Gasteiger partial charge in [-0.2, -0.15) is 0 Å². The van der Waals surface area contributed by atoms with Crippen molar-refractivity contribution in [2.75, 3.05) is 23.4 Å². The Hall–Kier alpha value is -1.27. The number of sulfone groups is 1. The normalized spacial score (nSPS) is 23.8. The third kappa shape index (κ3) is 3.89. The number of nitrogens with one attached hydrogen (secondary N) is 2. The van der Waals surface area contributed by atoms with Gasteiger partial charge < -0.3 is 10.6 Å². The Labute approximate surface area is 130 Å². The van der Waals surface area contributed by atoms with Crippen LogP contribution in [0.4, 0.5) is 5.69 Å². The van der Waals surface area contributed by atoms with Crippen LogP contribution < -0.4 is 10.6 Å². The Balaban J connectivity index is 2.23. The smallest absolute Gasteiger partial charge is 0.253 e. The van der Waals surface area contributed by atoms with Crippen LogP contribution in [-0.4, -0.2) is 37.9 Å². The van der Waals surface area contributed by atoms with Gasteiger partial charge in [0, 0.05) is 17.3 Å². The first kappa shape index (κ1) is 16.1. The zero-order chi connectivity index (χ0) is 15.7. The maximum Gasteiger partial charge on any atom is 0.253 e. The molecule has 116 valence electrons. The molecule has 0 saturated carbocycles. The summed E-state index contributed by atoms with van der Waals surface area (Å²) in [4.78, 5) is 12.5. The fourth-order valence-corrected chi connectivity index (χ4v) is 4.76. The summed E-state index contributed by atoms with van der Waals surface area (Å²) >= 11 is 5.95. The van der Waals surface area contributed by atoms with E-state index in [1.54, 1.807) is 25.1 Å². The topological polar surface area (TPSA) is 75.3 Å². The van der Waals surface area contributed by atoms with Crippen molar-refractivity contribution in [1.82, 2.24) is 5.32 Å². The molecule has 1 fully saturated rings. The molecule has 1 heterocycles. The lowest BCUT2D eigenvalue weighted by atomic mass is 10.0. The average Bonchev–Trinajstić information content (AvgIpc) is 2.65. The first-order valence-electron chi connectivity index (χ1n) is 6.81. The zero-order valence-corrected chi connectivity index (χ0v) is 13.6. The molecule has 1 aromatic rings. The summed E-state index contributed by atoms with van der Waals surface area (Å²) < 4.78 is 23.2. The van der Waals surface area contributed by atoms with Crippen LogP contribution in [0.3, 0.4) is 0 Å². The van der Waals surface area contributed by atoms with Gasteiger partial charge in [0.05, 0.1) is 22.6 Å². The van der Waals surface area contributed by atoms with Crippen LogP contribution in [0.2, 0.25) is 5.02 Å². The van der Waals surface area contributed by atoms with Crippen molar-refractivity contribution in [3.63, 3.8) is 0 Å². The molecule has 2 rings (SSSR count). The van der Waals surface area contributed by atoms with Gasteiger partial charge in [0.2, 0.25) is 0 Å². The van der Waals surface area contributed by atoms with E-state index >= 15 is 0 Å². The Bertz CT molecular complexity index is 660. The lowest BCUT2D eigenvalue weighted by Gasteiger charge is -2.24. The van der Waals surface area contributed by atoms with Gasteiger partial charge in [0.25, 0.3) is 5.91 Å². The molecule has 5 nitrogen and oxygen atoms in total. The average molecular weight is 331 g/mol. The number of benzene rings is 1. The van der Waals surface area contributed by atoms with Gasteiger partial charge in [0.15, 0.2) is 9.84 Å². The van der Waals surface area contributed by atoms with Crippen LogP contribution in [0.1, 0.15) is 30.6 Å². The van der Waals surface area contributed by atoms with Crippen LogP contribution in [0, 0.1) is 0 Å². The van der Waals surface area contributed by atoms with E-state index < -0.39 is 15.4 Å². The minimum absolute atomic E-state index is 0.0250. The van der Waals surface area contributed by atoms with Crippen LogP contribution in [0.15, 0.2) is 18.2 Å². The summed E-state index contributed by atoms with van der Waals surface area (Å²) in [6.07, 6.45) is 0.429. The van der Waals surface area contributed by atoms with Crippen LogP contribution in [-0.2, 0) is 9.84 Å². The molecule has 7 heteroatoms. The fraction of sp³-hybridized carbons (Fsp3) is 0.500. The monoisotopic (exact) mass is 330 g/mol. The van der Waals surface area contributed by atoms with Gasteiger partial charge >= 0.3 is 0 Å². The number of carbonyl (C=O) groups is 1. The van der Waals surface area contributed by atoms with Gasteiger partial charge in [-0.1, -0.05) is 11.6 Å². The second-order valence-electron chi connectivity index (χ2n) is 5.58. The van der Waals surface area contributed by atoms with Gasteiger partial charge in [0.1, 0.15) is 0 Å². The highest BCUT2D eigenvalue weighted by molar-refractivity contribution is 7.91. The van der Waals surface area contributed by atoms with E-state index in [1.165, 1.54) is 0 Å². The Morgan fingerprint density at radius 2 is 2.14 bits per heavy atom. The van der Waals surface area contributed by atoms with Crippen molar-refractivity contribution in [2.24, 2.45) is 0 Å². The summed E-state index contributed by atoms with van der Waals surface area (Å²) in [7, 11) is -3.07. The predicted molar refractivity (Wildman–Crippen MR) is 84.8 cm³/mol. The van der Waals surface area contributed by atoms with Crippen molar-refractivity contribution in [1.29, 1.82) is 0 Å². The molecule has 0 aromatic heterocycles. The van der Waals surface area contributed by atoms with Gasteiger partial charge in [-0.3, -0.25) is 4.79 Å². The number of carbonyl (C=O) groups excluding carboxylic acids is 1. The van der Waals surface area contributed by atoms with Crippen molar-refractivity contribution in [2.45, 2.75) is 25.8 Å². The molecule has 1 unspecified atom stereocenters. The summed E-state index contributed by atoms with van der Waals surface area (Å²) in [5.41, 5.74) is 0.389. The molecule has 2 N–H and O–H groups in total. The molecule has 1 amide bonds. The molecular formula is C14H19ClN2O3S. The van der Waals surface area contributed by atoms with E-state index in [0.29, 0.717) is 29.2 Å². The molecular weight excluding hydrogens is 312 g/mol. The third-order valence-corrected chi connectivity index (χ3v) is 5.65. The van der Waals surface area contributed by atoms with E-state index in [1.807, 2.05) is 6.92 Å². The Morgan fingerprint density at radius 3 is 2.71 bits per heavy atom. The number of halogens is 1. The second kappa shape index (κ2) is 5.85. The molecule has 0 bridgehead atoms. The molecule has 1 aliphatic heterocycles. The molecule has 1 aliphatic rings. The first-order chi connectivity index (χ1) is 9.75. The van der Waals surface area contributed by atoms with E-state index in [9.17, 15) is 13.2 Å². The minimum atomic E-state index is -3.07. The summed E-state index contributed by atoms with van der Waals surface area (Å²) in [6.45, 7) is 4.36. The predicted octanol–water partition coefficient (Wildman–Crippen LogP) is 2.08. The zero-order valence-electron chi connectivity index (χ0n) is 12.1. The van der Waals surface area contributed by atoms with Gasteiger partial charge in [-0.25, -0.2) is 8.42 Å². The molecule has 0 radical (unpaired) electrons. The van der Waals surface area contributed by atoms with Crippen LogP contribution in [0.25, 0.3) is 0 Å². The SMILES string of the molecule is CCNc1ccc(Cl)cc1C(=O)NC1(C)CCS(=O)(=O)C1. The molecule has 1 atom stereocenters. The highest BCUT2D eigenvalue weighted by Gasteiger charge is 2.39. The second-order valence-corrected chi connectivity index (χ2v) is 8.20. The first-order valence-corrected chi connectivity index (χ1v) is 9.01. The van der Waals surface area contributed by atoms with Crippen LogP contribution >= 0.6 is 11.6 Å². The number of hydrogen-bond acceptors (Lipinski definition) is 4. The summed E-state index contributed by atoms with van der Waals surface area (Å²) in [5.74, 6) is -0.226. The fourth-order valence-electron chi connectivity index (χ4n) is 2.50. The van der Waals surface area contributed by atoms with E-state index in [0.717, 1.165) is 0 Å². The summed E-state index contributed by atoms with van der Waals surface area (Å²) in [5, 5.41) is 6.40. The molecule has 21 heavy (non-hydrogen) atoms. The maximum atomic E-state index is 12.5. The molecule has 0 spiro atoms. The number of amides is 1. The molecule has 0 aliphatic carbocycles. The molecule has 1 saturated heterocycles. The van der Waals surface area contributed by atoms with E-state index in [-0.39, 0.29) is 17.4 Å². The Morgan fingerprint density at radius 1 is 1.43 bits per heavy atom. The molecule has 1 aromatic carbocycles. The van der Waals surface area contributed by atoms with E-state index in [2.05, 4.69) is 10.6 Å². The minimum Gasteiger partial charge on any atom is -0.385 e. The van der Waals surface area contributed by atoms with Crippen molar-refractivity contribution in [3.05, 3.63) is 28.8 Å². The highest BCUT2D eigenvalue weighted by Crippen LogP contribution is 2.25. The lowest BCUT2D eigenvalue weighted by Crippen LogP contribution is -2.47. The third-order valence-electron chi connectivity index (χ3n) is 3.51. The van der Waals surface area contributed by atoms with Gasteiger partial charge in [-0.05, 0) is 38.5 Å². The van der Waals surface area contributed by atoms with Crippen molar-refractivity contribution < 1.29 is 13.2 Å². The van der Waals surface area contributed by atoms with Gasteiger partial charge in [-0.15, -0.1) is 0 Å². The standard InChI is InChI=1S/C14H19ClN2O3S/c1-3-16-12-5-4-10(15)8-11(12)13(18)17-14(2)6-7-21(19,20)9-14/h4-5,8,16H,3,6-7,9H2,1-2H3,(H,17,18). The van der Waals surface area contributed by atoms with Crippen molar-refractivity contribution >= 4 is 33.0 Å². The largest absolute Gasteiger partial charge is 0.385 e. The Kier molecular flexibility index (Phi) is 4.49. The number of anilines is 1. The quantitative estimate of drug-likeness (QED) is 0.886. The maximum absolute atomic E-state index is 12.5.